The number of amides is 2. The molecule has 1 aliphatic heterocycles. The Morgan fingerprint density at radius 2 is 1.75 bits per heavy atom. The quantitative estimate of drug-likeness (QED) is 0.474. The van der Waals surface area contributed by atoms with Crippen molar-refractivity contribution in [3.63, 3.8) is 0 Å². The van der Waals surface area contributed by atoms with Crippen LogP contribution in [0.4, 0.5) is 5.82 Å². The van der Waals surface area contributed by atoms with Gasteiger partial charge in [-0.3, -0.25) is 9.59 Å². The second kappa shape index (κ2) is 12.2. The Balaban J connectivity index is 1.31. The Bertz CT molecular complexity index is 1010. The molecule has 2 amide bonds. The fourth-order valence-corrected chi connectivity index (χ4v) is 4.54. The van der Waals surface area contributed by atoms with Crippen molar-refractivity contribution in [3.05, 3.63) is 36.4 Å². The standard InChI is InChI=1S/C27H38N6O3/c1-4-30(5-2)13-14-33(27(35)21-9-10-21)20-26(34)32-17-15-31(16-18-32)25-12-11-24(28-29-25)22-7-6-8-23(19-22)36-3/h6-8,11-12,19,21H,4-5,9-10,13-18,20H2,1-3H3. The van der Waals surface area contributed by atoms with Crippen molar-refractivity contribution in [2.75, 3.05) is 70.9 Å². The molecule has 0 bridgehead atoms. The zero-order valence-corrected chi connectivity index (χ0v) is 21.7. The molecular formula is C27H38N6O3. The van der Waals surface area contributed by atoms with Crippen LogP contribution >= 0.6 is 0 Å². The van der Waals surface area contributed by atoms with Crippen LogP contribution in [0.2, 0.25) is 0 Å². The predicted octanol–water partition coefficient (Wildman–Crippen LogP) is 2.38. The topological polar surface area (TPSA) is 82.1 Å². The molecule has 0 radical (unpaired) electrons. The minimum atomic E-state index is 0.0302. The summed E-state index contributed by atoms with van der Waals surface area (Å²) in [7, 11) is 1.65. The van der Waals surface area contributed by atoms with Crippen LogP contribution in [0.1, 0.15) is 26.7 Å². The second-order valence-electron chi connectivity index (χ2n) is 9.44. The third-order valence-electron chi connectivity index (χ3n) is 7.12. The van der Waals surface area contributed by atoms with Gasteiger partial charge >= 0.3 is 0 Å². The van der Waals surface area contributed by atoms with Crippen LogP contribution in [0.25, 0.3) is 11.3 Å². The number of likely N-dealkylation sites (N-methyl/N-ethyl adjacent to an activating group) is 1. The van der Waals surface area contributed by atoms with Gasteiger partial charge in [-0.05, 0) is 50.2 Å². The van der Waals surface area contributed by atoms with Gasteiger partial charge in [-0.15, -0.1) is 10.2 Å². The molecule has 1 aromatic heterocycles. The van der Waals surface area contributed by atoms with E-state index in [1.807, 2.05) is 41.3 Å². The summed E-state index contributed by atoms with van der Waals surface area (Å²) < 4.78 is 5.30. The summed E-state index contributed by atoms with van der Waals surface area (Å²) in [5.41, 5.74) is 1.74. The van der Waals surface area contributed by atoms with E-state index in [0.29, 0.717) is 32.7 Å². The van der Waals surface area contributed by atoms with Crippen LogP contribution in [-0.2, 0) is 9.59 Å². The highest BCUT2D eigenvalue weighted by molar-refractivity contribution is 5.87. The van der Waals surface area contributed by atoms with Gasteiger partial charge in [-0.2, -0.15) is 0 Å². The normalized spacial score (nSPS) is 15.8. The van der Waals surface area contributed by atoms with Gasteiger partial charge in [0, 0.05) is 50.7 Å². The minimum absolute atomic E-state index is 0.0302. The maximum atomic E-state index is 13.1. The number of nitrogens with zero attached hydrogens (tertiary/aromatic N) is 6. The summed E-state index contributed by atoms with van der Waals surface area (Å²) in [6.45, 7) is 10.3. The number of piperazine rings is 1. The molecule has 9 nitrogen and oxygen atoms in total. The molecule has 1 aliphatic carbocycles. The maximum absolute atomic E-state index is 13.1. The van der Waals surface area contributed by atoms with Crippen LogP contribution in [0, 0.1) is 5.92 Å². The summed E-state index contributed by atoms with van der Waals surface area (Å²) >= 11 is 0. The van der Waals surface area contributed by atoms with E-state index >= 15 is 0 Å². The average molecular weight is 495 g/mol. The van der Waals surface area contributed by atoms with Gasteiger partial charge in [-0.25, -0.2) is 0 Å². The van der Waals surface area contributed by atoms with Crippen molar-refractivity contribution in [3.8, 4) is 17.0 Å². The van der Waals surface area contributed by atoms with E-state index in [-0.39, 0.29) is 24.3 Å². The van der Waals surface area contributed by atoms with Gasteiger partial charge in [0.15, 0.2) is 5.82 Å². The highest BCUT2D eigenvalue weighted by Gasteiger charge is 2.35. The lowest BCUT2D eigenvalue weighted by Gasteiger charge is -2.36. The number of hydrogen-bond acceptors (Lipinski definition) is 7. The fourth-order valence-electron chi connectivity index (χ4n) is 4.54. The monoisotopic (exact) mass is 494 g/mol. The number of aromatic nitrogens is 2. The third-order valence-corrected chi connectivity index (χ3v) is 7.12. The van der Waals surface area contributed by atoms with Crippen molar-refractivity contribution in [1.82, 2.24) is 24.9 Å². The van der Waals surface area contributed by atoms with E-state index in [0.717, 1.165) is 55.3 Å². The molecule has 1 saturated carbocycles. The number of carbonyl (C=O) groups excluding carboxylic acids is 2. The summed E-state index contributed by atoms with van der Waals surface area (Å²) in [6.07, 6.45) is 1.90. The summed E-state index contributed by atoms with van der Waals surface area (Å²) in [4.78, 5) is 34.0. The van der Waals surface area contributed by atoms with Crippen LogP contribution < -0.4 is 9.64 Å². The molecule has 4 rings (SSSR count). The molecule has 2 heterocycles. The van der Waals surface area contributed by atoms with E-state index in [1.54, 1.807) is 12.0 Å². The third kappa shape index (κ3) is 6.51. The molecule has 0 atom stereocenters. The second-order valence-corrected chi connectivity index (χ2v) is 9.44. The molecule has 9 heteroatoms. The first-order chi connectivity index (χ1) is 17.5. The average Bonchev–Trinajstić information content (AvgIpc) is 3.78. The number of ether oxygens (including phenoxy) is 1. The zero-order valence-electron chi connectivity index (χ0n) is 21.7. The van der Waals surface area contributed by atoms with E-state index in [1.165, 1.54) is 0 Å². The zero-order chi connectivity index (χ0) is 25.5. The SMILES string of the molecule is CCN(CC)CCN(CC(=O)N1CCN(c2ccc(-c3cccc(OC)c3)nn2)CC1)C(=O)C1CC1. The van der Waals surface area contributed by atoms with Gasteiger partial charge in [0.2, 0.25) is 11.8 Å². The molecule has 2 fully saturated rings. The van der Waals surface area contributed by atoms with Crippen molar-refractivity contribution in [1.29, 1.82) is 0 Å². The van der Waals surface area contributed by atoms with Crippen LogP contribution in [0.5, 0.6) is 5.75 Å². The van der Waals surface area contributed by atoms with Crippen molar-refractivity contribution < 1.29 is 14.3 Å². The molecule has 194 valence electrons. The predicted molar refractivity (Wildman–Crippen MR) is 140 cm³/mol. The Morgan fingerprint density at radius 1 is 1.00 bits per heavy atom. The van der Waals surface area contributed by atoms with Crippen molar-refractivity contribution in [2.24, 2.45) is 5.92 Å². The highest BCUT2D eigenvalue weighted by atomic mass is 16.5. The number of anilines is 1. The van der Waals surface area contributed by atoms with E-state index in [2.05, 4.69) is 33.8 Å². The number of methoxy groups -OCH3 is 1. The fraction of sp³-hybridized carbons (Fsp3) is 0.556. The first-order valence-corrected chi connectivity index (χ1v) is 13.0. The largest absolute Gasteiger partial charge is 0.497 e. The van der Waals surface area contributed by atoms with Crippen LogP contribution in [0.3, 0.4) is 0 Å². The van der Waals surface area contributed by atoms with E-state index in [4.69, 9.17) is 4.74 Å². The number of benzene rings is 1. The number of hydrogen-bond donors (Lipinski definition) is 0. The molecule has 2 aliphatic rings. The van der Waals surface area contributed by atoms with Crippen LogP contribution in [0.15, 0.2) is 36.4 Å². The molecule has 1 aromatic carbocycles. The van der Waals surface area contributed by atoms with Gasteiger partial charge in [0.1, 0.15) is 5.75 Å². The van der Waals surface area contributed by atoms with Crippen molar-refractivity contribution in [2.45, 2.75) is 26.7 Å². The van der Waals surface area contributed by atoms with Gasteiger partial charge in [0.25, 0.3) is 0 Å². The van der Waals surface area contributed by atoms with E-state index < -0.39 is 0 Å². The molecule has 0 spiro atoms. The van der Waals surface area contributed by atoms with Crippen molar-refractivity contribution >= 4 is 17.6 Å². The Morgan fingerprint density at radius 3 is 2.36 bits per heavy atom. The summed E-state index contributed by atoms with van der Waals surface area (Å²) in [5.74, 6) is 1.87. The molecule has 36 heavy (non-hydrogen) atoms. The van der Waals surface area contributed by atoms with Gasteiger partial charge in [-0.1, -0.05) is 26.0 Å². The number of rotatable bonds is 11. The summed E-state index contributed by atoms with van der Waals surface area (Å²) in [6, 6.07) is 11.7. The highest BCUT2D eigenvalue weighted by Crippen LogP contribution is 2.31. The number of carbonyl (C=O) groups is 2. The molecular weight excluding hydrogens is 456 g/mol. The molecule has 0 unspecified atom stereocenters. The Labute approximate surface area is 214 Å². The lowest BCUT2D eigenvalue weighted by atomic mass is 10.1. The smallest absolute Gasteiger partial charge is 0.242 e. The van der Waals surface area contributed by atoms with Gasteiger partial charge < -0.3 is 24.3 Å². The molecule has 2 aromatic rings. The Hall–Kier alpha value is -3.20. The molecule has 1 saturated heterocycles. The summed E-state index contributed by atoms with van der Waals surface area (Å²) in [5, 5.41) is 8.84. The van der Waals surface area contributed by atoms with Gasteiger partial charge in [0.05, 0.1) is 19.3 Å². The minimum Gasteiger partial charge on any atom is -0.497 e. The first kappa shape index (κ1) is 25.9. The lowest BCUT2D eigenvalue weighted by Crippen LogP contribution is -2.52. The van der Waals surface area contributed by atoms with E-state index in [9.17, 15) is 9.59 Å². The molecule has 0 N–H and O–H groups in total. The maximum Gasteiger partial charge on any atom is 0.242 e. The Kier molecular flexibility index (Phi) is 8.74. The lowest BCUT2D eigenvalue weighted by molar-refractivity contribution is -0.141. The first-order valence-electron chi connectivity index (χ1n) is 13.0. The van der Waals surface area contributed by atoms with Crippen LogP contribution in [-0.4, -0.2) is 103 Å².